The zero-order valence-electron chi connectivity index (χ0n) is 42.8. The molecule has 380 valence electrons. The average Bonchev–Trinajstić information content (AvgIpc) is 3.91. The van der Waals surface area contributed by atoms with Crippen LogP contribution in [0.3, 0.4) is 0 Å². The van der Waals surface area contributed by atoms with E-state index in [0.29, 0.717) is 38.0 Å². The Kier molecular flexibility index (Phi) is 17.5. The number of ether oxygens (including phenoxy) is 6. The molecule has 3 aliphatic rings. The smallest absolute Gasteiger partial charge is 0.410 e. The maximum Gasteiger partial charge on any atom is 0.410 e. The third-order valence-corrected chi connectivity index (χ3v) is 15.2. The van der Waals surface area contributed by atoms with Gasteiger partial charge in [-0.25, -0.2) is 9.78 Å². The average molecular weight is 960 g/mol. The summed E-state index contributed by atoms with van der Waals surface area (Å²) in [5.74, 6) is -6.49. The SMILES string of the molecule is CC[C@H]1OC(=O)[C@H](C)[C@@H](OC(=O)Cc2ccccn2)[C@H](C)[C@@H](O[C@]2(C)O[C@H](C)C[C@H](N(C)CC)[C@H]2O)[C@](C)(OC)C[C@@H](C)C(=O)[C@H](C)[C@H]2N(CCCCn3cnc(-c4ccccc4)c3)C(=O)O[C@]12C. The summed E-state index contributed by atoms with van der Waals surface area (Å²) in [4.78, 5) is 70.7. The summed E-state index contributed by atoms with van der Waals surface area (Å²) in [7, 11) is 3.47. The minimum absolute atomic E-state index is 0.112. The zero-order chi connectivity index (χ0) is 50.4. The number of aliphatic hydroxyl groups is 1. The van der Waals surface area contributed by atoms with Gasteiger partial charge in [0.1, 0.15) is 24.1 Å². The van der Waals surface area contributed by atoms with E-state index in [4.69, 9.17) is 28.4 Å². The Labute approximate surface area is 408 Å². The van der Waals surface area contributed by atoms with E-state index < -0.39 is 89.2 Å². The highest BCUT2D eigenvalue weighted by Crippen LogP contribution is 2.45. The molecule has 0 unspecified atom stereocenters. The van der Waals surface area contributed by atoms with Crippen LogP contribution in [-0.2, 0) is 55.8 Å². The van der Waals surface area contributed by atoms with Crippen LogP contribution in [0.15, 0.2) is 67.3 Å². The fraction of sp³-hybridized carbons (Fsp3) is 0.660. The van der Waals surface area contributed by atoms with Gasteiger partial charge in [-0.15, -0.1) is 0 Å². The number of carbonyl (C=O) groups excluding carboxylic acids is 4. The van der Waals surface area contributed by atoms with E-state index in [1.165, 1.54) is 7.11 Å². The van der Waals surface area contributed by atoms with Crippen LogP contribution in [0.2, 0.25) is 0 Å². The molecule has 14 atom stereocenters. The van der Waals surface area contributed by atoms with Gasteiger partial charge in [-0.1, -0.05) is 71.0 Å². The molecule has 0 saturated carbocycles. The van der Waals surface area contributed by atoms with Crippen molar-refractivity contribution < 1.29 is 52.7 Å². The fourth-order valence-electron chi connectivity index (χ4n) is 11.2. The first-order valence-electron chi connectivity index (χ1n) is 24.9. The molecule has 1 amide bonds. The normalized spacial score (nSPS) is 34.7. The van der Waals surface area contributed by atoms with Gasteiger partial charge in [-0.3, -0.25) is 19.4 Å². The molecule has 0 bridgehead atoms. The number of benzene rings is 1. The van der Waals surface area contributed by atoms with Crippen molar-refractivity contribution in [2.24, 2.45) is 23.7 Å². The van der Waals surface area contributed by atoms with E-state index in [1.807, 2.05) is 96.6 Å². The highest BCUT2D eigenvalue weighted by molar-refractivity contribution is 5.85. The summed E-state index contributed by atoms with van der Waals surface area (Å²) in [6.45, 7) is 19.8. The van der Waals surface area contributed by atoms with Gasteiger partial charge >= 0.3 is 18.0 Å². The van der Waals surface area contributed by atoms with Gasteiger partial charge in [0.05, 0.1) is 53.9 Å². The number of hydrogen-bond donors (Lipinski definition) is 1. The van der Waals surface area contributed by atoms with Crippen LogP contribution in [0, 0.1) is 23.7 Å². The predicted octanol–water partition coefficient (Wildman–Crippen LogP) is 7.29. The van der Waals surface area contributed by atoms with E-state index in [9.17, 15) is 19.5 Å². The lowest BCUT2D eigenvalue weighted by molar-refractivity contribution is -0.359. The maximum absolute atomic E-state index is 15.1. The van der Waals surface area contributed by atoms with Gasteiger partial charge in [0, 0.05) is 62.0 Å². The van der Waals surface area contributed by atoms with Crippen molar-refractivity contribution in [2.75, 3.05) is 27.2 Å². The van der Waals surface area contributed by atoms with Crippen LogP contribution in [0.5, 0.6) is 0 Å². The molecule has 6 rings (SSSR count). The van der Waals surface area contributed by atoms with Crippen LogP contribution < -0.4 is 0 Å². The minimum Gasteiger partial charge on any atom is -0.461 e. The molecule has 3 aromatic rings. The van der Waals surface area contributed by atoms with E-state index >= 15 is 4.79 Å². The third-order valence-electron chi connectivity index (χ3n) is 15.2. The van der Waals surface area contributed by atoms with Crippen LogP contribution >= 0.6 is 0 Å². The van der Waals surface area contributed by atoms with Crippen molar-refractivity contribution in [3.63, 3.8) is 0 Å². The van der Waals surface area contributed by atoms with Crippen LogP contribution in [0.1, 0.15) is 107 Å². The number of aliphatic hydroxyl groups excluding tert-OH is 1. The highest BCUT2D eigenvalue weighted by Gasteiger charge is 2.61. The predicted molar refractivity (Wildman–Crippen MR) is 259 cm³/mol. The van der Waals surface area contributed by atoms with Crippen molar-refractivity contribution >= 4 is 23.8 Å². The molecular formula is C53H77N5O11. The van der Waals surface area contributed by atoms with Gasteiger partial charge in [0.15, 0.2) is 11.4 Å². The van der Waals surface area contributed by atoms with E-state index in [1.54, 1.807) is 56.4 Å². The van der Waals surface area contributed by atoms with Crippen LogP contribution in [0.25, 0.3) is 11.3 Å². The number of carbonyl (C=O) groups is 4. The molecule has 0 aliphatic carbocycles. The molecular weight excluding hydrogens is 883 g/mol. The number of rotatable bonds is 15. The molecule has 3 aliphatic heterocycles. The molecule has 2 aromatic heterocycles. The van der Waals surface area contributed by atoms with Crippen molar-refractivity contribution in [3.8, 4) is 11.3 Å². The number of pyridine rings is 1. The second-order valence-electron chi connectivity index (χ2n) is 20.3. The molecule has 3 fully saturated rings. The summed E-state index contributed by atoms with van der Waals surface area (Å²) in [5, 5.41) is 12.1. The summed E-state index contributed by atoms with van der Waals surface area (Å²) >= 11 is 0. The van der Waals surface area contributed by atoms with E-state index in [-0.39, 0.29) is 43.7 Å². The first-order chi connectivity index (χ1) is 32.7. The number of hydrogen-bond acceptors (Lipinski definition) is 14. The van der Waals surface area contributed by atoms with Crippen molar-refractivity contribution in [2.45, 2.75) is 174 Å². The van der Waals surface area contributed by atoms with Gasteiger partial charge in [0.2, 0.25) is 0 Å². The topological polar surface area (TPSA) is 181 Å². The Hall–Kier alpha value is -4.74. The number of esters is 2. The summed E-state index contributed by atoms with van der Waals surface area (Å²) < 4.78 is 41.2. The molecule has 0 radical (unpaired) electrons. The molecule has 16 heteroatoms. The summed E-state index contributed by atoms with van der Waals surface area (Å²) in [6, 6.07) is 14.0. The number of amides is 1. The number of Topliss-reactive ketones (excluding diaryl/α,β-unsaturated/α-hetero) is 1. The largest absolute Gasteiger partial charge is 0.461 e. The van der Waals surface area contributed by atoms with E-state index in [0.717, 1.165) is 11.3 Å². The molecule has 5 heterocycles. The maximum atomic E-state index is 15.1. The number of fused-ring (bicyclic) bond motifs is 1. The second kappa shape index (κ2) is 22.6. The number of aryl methyl sites for hydroxylation is 1. The zero-order valence-corrected chi connectivity index (χ0v) is 42.8. The number of likely N-dealkylation sites (N-methyl/N-ethyl adjacent to an activating group) is 1. The Morgan fingerprint density at radius 1 is 0.942 bits per heavy atom. The molecule has 1 aromatic carbocycles. The number of unbranched alkanes of at least 4 members (excludes halogenated alkanes) is 1. The van der Waals surface area contributed by atoms with Crippen molar-refractivity contribution in [3.05, 3.63) is 72.9 Å². The Bertz CT molecular complexity index is 2200. The Morgan fingerprint density at radius 3 is 2.29 bits per heavy atom. The number of cyclic esters (lactones) is 1. The van der Waals surface area contributed by atoms with Gasteiger partial charge in [-0.2, -0.15) is 0 Å². The number of ketones is 1. The van der Waals surface area contributed by atoms with Crippen molar-refractivity contribution in [1.82, 2.24) is 24.3 Å². The molecule has 1 N–H and O–H groups in total. The molecule has 69 heavy (non-hydrogen) atoms. The number of aromatic nitrogens is 3. The lowest BCUT2D eigenvalue weighted by atomic mass is 9.73. The van der Waals surface area contributed by atoms with Crippen LogP contribution in [-0.4, -0.2) is 140 Å². The fourth-order valence-corrected chi connectivity index (χ4v) is 11.2. The lowest BCUT2D eigenvalue weighted by Gasteiger charge is -2.52. The Morgan fingerprint density at radius 2 is 1.64 bits per heavy atom. The standard InChI is InChI=1S/C53H77N5O11/c1-13-42-52(9)46(58(50(63)69-52)27-21-20-26-57-31-40(55-32-57)38-22-16-15-17-23-38)35(5)44(60)33(3)30-51(8,64-12)48(68-53(10)47(61)41(56(11)14-2)28-34(4)67-53)36(6)45(37(7)49(62)65-42)66-43(59)29-39-24-18-19-25-54-39/h15-19,22-25,31-37,41-42,45-48,61H,13-14,20-21,26-30H2,1-12H3/t33-,34-,35+,36+,37-,41+,42-,45+,46-,47-,48-,51-,52-,53+/m1/s1. The Balaban J connectivity index is 1.37. The first-order valence-corrected chi connectivity index (χ1v) is 24.9. The van der Waals surface area contributed by atoms with Gasteiger partial charge in [0.25, 0.3) is 0 Å². The molecule has 3 saturated heterocycles. The number of imidazole rings is 1. The third kappa shape index (κ3) is 11.7. The van der Waals surface area contributed by atoms with Gasteiger partial charge < -0.3 is 47.9 Å². The number of methoxy groups -OCH3 is 1. The summed E-state index contributed by atoms with van der Waals surface area (Å²) in [5.41, 5.74) is -0.396. The summed E-state index contributed by atoms with van der Waals surface area (Å²) in [6.07, 6.45) is 2.13. The molecule has 16 nitrogen and oxygen atoms in total. The van der Waals surface area contributed by atoms with Crippen molar-refractivity contribution in [1.29, 1.82) is 0 Å². The quantitative estimate of drug-likeness (QED) is 0.0911. The lowest BCUT2D eigenvalue weighted by Crippen LogP contribution is -2.65. The minimum atomic E-state index is -1.61. The highest BCUT2D eigenvalue weighted by atomic mass is 16.7. The number of nitrogens with zero attached hydrogens (tertiary/aromatic N) is 5. The first kappa shape index (κ1) is 53.6. The molecule has 0 spiro atoms. The van der Waals surface area contributed by atoms with Gasteiger partial charge in [-0.05, 0) is 92.4 Å². The monoisotopic (exact) mass is 960 g/mol. The second-order valence-corrected chi connectivity index (χ2v) is 20.3. The van der Waals surface area contributed by atoms with Crippen LogP contribution in [0.4, 0.5) is 4.79 Å². The van der Waals surface area contributed by atoms with E-state index in [2.05, 4.69) is 14.9 Å².